The molecule has 7 nitrogen and oxygen atoms in total. The SMILES string of the molecule is CCOC(=O)c1[nH]ccc1NCC(F)C(F)(CF)N(C)C(=O)OC(C)(C)C. The van der Waals surface area contributed by atoms with Gasteiger partial charge in [0, 0.05) is 13.2 Å². The Morgan fingerprint density at radius 3 is 2.52 bits per heavy atom. The van der Waals surface area contributed by atoms with Gasteiger partial charge in [0.25, 0.3) is 0 Å². The average Bonchev–Trinajstić information content (AvgIpc) is 3.05. The Labute approximate surface area is 156 Å². The van der Waals surface area contributed by atoms with Gasteiger partial charge in [0.2, 0.25) is 5.79 Å². The number of hydrogen-bond acceptors (Lipinski definition) is 5. The zero-order valence-electron chi connectivity index (χ0n) is 16.1. The number of carbonyl (C=O) groups is 2. The summed E-state index contributed by atoms with van der Waals surface area (Å²) >= 11 is 0. The molecule has 0 aliphatic carbocycles. The van der Waals surface area contributed by atoms with Crippen LogP contribution in [0, 0.1) is 0 Å². The molecule has 2 unspecified atom stereocenters. The van der Waals surface area contributed by atoms with Crippen molar-refractivity contribution in [2.24, 2.45) is 0 Å². The first-order chi connectivity index (χ1) is 12.5. The molecular weight excluding hydrogens is 367 g/mol. The van der Waals surface area contributed by atoms with Gasteiger partial charge in [0.1, 0.15) is 18.0 Å². The molecule has 1 amide bonds. The molecule has 0 aliphatic rings. The first kappa shape index (κ1) is 22.7. The van der Waals surface area contributed by atoms with Crippen molar-refractivity contribution in [3.8, 4) is 0 Å². The van der Waals surface area contributed by atoms with Crippen LogP contribution in [0.15, 0.2) is 12.3 Å². The molecule has 1 rings (SSSR count). The van der Waals surface area contributed by atoms with E-state index >= 15 is 0 Å². The highest BCUT2D eigenvalue weighted by molar-refractivity contribution is 5.93. The summed E-state index contributed by atoms with van der Waals surface area (Å²) in [6.07, 6.45) is -2.23. The fraction of sp³-hybridized carbons (Fsp3) is 0.647. The van der Waals surface area contributed by atoms with Gasteiger partial charge in [-0.25, -0.2) is 22.8 Å². The smallest absolute Gasteiger partial charge is 0.412 e. The van der Waals surface area contributed by atoms with Crippen molar-refractivity contribution in [1.82, 2.24) is 9.88 Å². The summed E-state index contributed by atoms with van der Waals surface area (Å²) in [5, 5.41) is 2.52. The lowest BCUT2D eigenvalue weighted by Crippen LogP contribution is -2.57. The van der Waals surface area contributed by atoms with Crippen molar-refractivity contribution in [3.05, 3.63) is 18.0 Å². The van der Waals surface area contributed by atoms with Crippen LogP contribution in [0.4, 0.5) is 23.7 Å². The van der Waals surface area contributed by atoms with Crippen LogP contribution in [0.1, 0.15) is 38.2 Å². The van der Waals surface area contributed by atoms with Crippen LogP contribution >= 0.6 is 0 Å². The third-order valence-corrected chi connectivity index (χ3v) is 3.59. The van der Waals surface area contributed by atoms with Crippen LogP contribution in [-0.2, 0) is 9.47 Å². The van der Waals surface area contributed by atoms with Crippen LogP contribution in [0.3, 0.4) is 0 Å². The van der Waals surface area contributed by atoms with Crippen LogP contribution < -0.4 is 5.32 Å². The van der Waals surface area contributed by atoms with Crippen molar-refractivity contribution < 1.29 is 32.2 Å². The van der Waals surface area contributed by atoms with Gasteiger partial charge in [-0.15, -0.1) is 0 Å². The predicted octanol–water partition coefficient (Wildman–Crippen LogP) is 3.44. The van der Waals surface area contributed by atoms with Gasteiger partial charge in [0.05, 0.1) is 18.8 Å². The Kier molecular flexibility index (Phi) is 7.55. The molecule has 0 aliphatic heterocycles. The third-order valence-electron chi connectivity index (χ3n) is 3.59. The standard InChI is InChI=1S/C17H26F3N3O4/c1-6-26-14(24)13-11(7-8-21-13)22-9-12(19)17(20,10-18)23(5)15(25)27-16(2,3)4/h7-8,12,21-22H,6,9-10H2,1-5H3. The van der Waals surface area contributed by atoms with E-state index in [-0.39, 0.29) is 22.9 Å². The fourth-order valence-corrected chi connectivity index (χ4v) is 2.11. The van der Waals surface area contributed by atoms with Gasteiger partial charge >= 0.3 is 12.1 Å². The number of rotatable bonds is 8. The summed E-state index contributed by atoms with van der Waals surface area (Å²) in [4.78, 5) is 26.6. The van der Waals surface area contributed by atoms with Crippen molar-refractivity contribution in [3.63, 3.8) is 0 Å². The van der Waals surface area contributed by atoms with Crippen LogP contribution in [0.5, 0.6) is 0 Å². The highest BCUT2D eigenvalue weighted by atomic mass is 19.2. The molecule has 2 atom stereocenters. The second-order valence-electron chi connectivity index (χ2n) is 6.83. The molecule has 0 saturated carbocycles. The summed E-state index contributed by atoms with van der Waals surface area (Å²) in [6, 6.07) is 1.42. The Morgan fingerprint density at radius 2 is 2.00 bits per heavy atom. The predicted molar refractivity (Wildman–Crippen MR) is 93.9 cm³/mol. The summed E-state index contributed by atoms with van der Waals surface area (Å²) in [7, 11) is 0.917. The summed E-state index contributed by atoms with van der Waals surface area (Å²) in [5.74, 6) is -3.92. The fourth-order valence-electron chi connectivity index (χ4n) is 2.11. The maximum Gasteiger partial charge on any atom is 0.412 e. The van der Waals surface area contributed by atoms with Crippen LogP contribution in [0.25, 0.3) is 0 Å². The maximum atomic E-state index is 14.9. The minimum atomic E-state index is -3.24. The van der Waals surface area contributed by atoms with Gasteiger partial charge in [0.15, 0.2) is 6.17 Å². The monoisotopic (exact) mass is 393 g/mol. The molecule has 0 spiro atoms. The number of alkyl halides is 3. The van der Waals surface area contributed by atoms with Gasteiger partial charge < -0.3 is 19.8 Å². The first-order valence-corrected chi connectivity index (χ1v) is 8.40. The van der Waals surface area contributed by atoms with E-state index in [0.717, 1.165) is 7.05 Å². The highest BCUT2D eigenvalue weighted by Crippen LogP contribution is 2.27. The molecular formula is C17H26F3N3O4. The number of halogens is 3. The summed E-state index contributed by atoms with van der Waals surface area (Å²) in [5.41, 5.74) is -0.766. The molecule has 0 saturated heterocycles. The number of H-pyrrole nitrogens is 1. The molecule has 1 aromatic heterocycles. The van der Waals surface area contributed by atoms with Gasteiger partial charge in [-0.2, -0.15) is 0 Å². The molecule has 0 radical (unpaired) electrons. The van der Waals surface area contributed by atoms with E-state index in [2.05, 4.69) is 10.3 Å². The lowest BCUT2D eigenvalue weighted by molar-refractivity contribution is -0.0920. The molecule has 2 N–H and O–H groups in total. The van der Waals surface area contributed by atoms with E-state index in [1.165, 1.54) is 12.3 Å². The molecule has 1 aromatic rings. The van der Waals surface area contributed by atoms with E-state index in [1.807, 2.05) is 0 Å². The van der Waals surface area contributed by atoms with Crippen molar-refractivity contribution in [2.75, 3.05) is 32.2 Å². The molecule has 10 heteroatoms. The molecule has 154 valence electrons. The number of hydrogen-bond donors (Lipinski definition) is 2. The normalized spacial score (nSPS) is 14.8. The quantitative estimate of drug-likeness (QED) is 0.522. The minimum absolute atomic E-state index is 0.0225. The third kappa shape index (κ3) is 5.80. The number of anilines is 1. The largest absolute Gasteiger partial charge is 0.461 e. The highest BCUT2D eigenvalue weighted by Gasteiger charge is 2.47. The number of esters is 1. The molecule has 0 fully saturated rings. The second kappa shape index (κ2) is 9.01. The summed E-state index contributed by atoms with van der Waals surface area (Å²) < 4.78 is 52.5. The van der Waals surface area contributed by atoms with E-state index < -0.39 is 42.8 Å². The number of ether oxygens (including phenoxy) is 2. The Morgan fingerprint density at radius 1 is 1.37 bits per heavy atom. The number of carbonyl (C=O) groups excluding carboxylic acids is 2. The van der Waals surface area contributed by atoms with Gasteiger partial charge in [-0.3, -0.25) is 4.90 Å². The van der Waals surface area contributed by atoms with E-state index in [0.29, 0.717) is 0 Å². The molecule has 0 aromatic carbocycles. The number of nitrogens with zero attached hydrogens (tertiary/aromatic N) is 1. The van der Waals surface area contributed by atoms with Crippen LogP contribution in [-0.4, -0.2) is 66.4 Å². The van der Waals surface area contributed by atoms with E-state index in [1.54, 1.807) is 27.7 Å². The maximum absolute atomic E-state index is 14.9. The summed E-state index contributed by atoms with van der Waals surface area (Å²) in [6.45, 7) is 3.93. The lowest BCUT2D eigenvalue weighted by atomic mass is 10.1. The number of aromatic nitrogens is 1. The Bertz CT molecular complexity index is 648. The van der Waals surface area contributed by atoms with Crippen molar-refractivity contribution in [2.45, 2.75) is 45.3 Å². The Hall–Kier alpha value is -2.39. The Balaban J connectivity index is 2.84. The second-order valence-corrected chi connectivity index (χ2v) is 6.83. The zero-order valence-corrected chi connectivity index (χ0v) is 16.1. The van der Waals surface area contributed by atoms with Crippen molar-refractivity contribution >= 4 is 17.7 Å². The first-order valence-electron chi connectivity index (χ1n) is 8.40. The van der Waals surface area contributed by atoms with Gasteiger partial charge in [-0.05, 0) is 33.8 Å². The average molecular weight is 393 g/mol. The van der Waals surface area contributed by atoms with E-state index in [4.69, 9.17) is 9.47 Å². The molecule has 27 heavy (non-hydrogen) atoms. The number of nitrogens with one attached hydrogen (secondary N) is 2. The van der Waals surface area contributed by atoms with E-state index in [9.17, 15) is 22.8 Å². The minimum Gasteiger partial charge on any atom is -0.461 e. The van der Waals surface area contributed by atoms with Gasteiger partial charge in [-0.1, -0.05) is 0 Å². The van der Waals surface area contributed by atoms with Crippen molar-refractivity contribution in [1.29, 1.82) is 0 Å². The zero-order chi connectivity index (χ0) is 20.8. The number of aromatic amines is 1. The topological polar surface area (TPSA) is 83.7 Å². The van der Waals surface area contributed by atoms with Crippen LogP contribution in [0.2, 0.25) is 0 Å². The lowest BCUT2D eigenvalue weighted by Gasteiger charge is -2.36. The molecule has 0 bridgehead atoms. The number of amides is 1. The molecule has 1 heterocycles.